The number of esters is 1. The summed E-state index contributed by atoms with van der Waals surface area (Å²) in [4.78, 5) is 24.8. The summed E-state index contributed by atoms with van der Waals surface area (Å²) in [6.07, 6.45) is -0.235. The van der Waals surface area contributed by atoms with Crippen LogP contribution < -0.4 is 4.90 Å². The van der Waals surface area contributed by atoms with E-state index in [2.05, 4.69) is 0 Å². The zero-order chi connectivity index (χ0) is 13.3. The molecule has 2 rings (SSSR count). The molecule has 96 valence electrons. The third kappa shape index (κ3) is 2.37. The first-order valence-corrected chi connectivity index (χ1v) is 5.96. The first-order chi connectivity index (χ1) is 8.49. The van der Waals surface area contributed by atoms with Crippen molar-refractivity contribution in [2.45, 2.75) is 19.4 Å². The first kappa shape index (κ1) is 12.6. The van der Waals surface area contributed by atoms with Gasteiger partial charge in [-0.15, -0.1) is 0 Å². The molecule has 1 saturated heterocycles. The van der Waals surface area contributed by atoms with E-state index in [1.54, 1.807) is 0 Å². The molecule has 0 saturated carbocycles. The van der Waals surface area contributed by atoms with E-state index in [1.807, 2.05) is 43.3 Å². The predicted molar refractivity (Wildman–Crippen MR) is 68.4 cm³/mol. The largest absolute Gasteiger partial charge is 0.457 e. The van der Waals surface area contributed by atoms with Crippen molar-refractivity contribution >= 4 is 17.4 Å². The second kappa shape index (κ2) is 4.80. The van der Waals surface area contributed by atoms with Crippen LogP contribution in [0.2, 0.25) is 0 Å². The van der Waals surface area contributed by atoms with Gasteiger partial charge in [-0.25, -0.2) is 0 Å². The average Bonchev–Trinajstić information content (AvgIpc) is 2.71. The minimum absolute atomic E-state index is 0.00235. The summed E-state index contributed by atoms with van der Waals surface area (Å²) in [5, 5.41) is 0. The van der Waals surface area contributed by atoms with E-state index in [0.717, 1.165) is 11.3 Å². The van der Waals surface area contributed by atoms with E-state index in [9.17, 15) is 9.59 Å². The van der Waals surface area contributed by atoms with Crippen LogP contribution >= 0.6 is 0 Å². The number of Topliss-reactive ketones (excluding diaryl/α,β-unsaturated/α-hetero) is 1. The highest BCUT2D eigenvalue weighted by Crippen LogP contribution is 2.36. The fourth-order valence-electron chi connectivity index (χ4n) is 2.18. The monoisotopic (exact) mass is 247 g/mol. The Morgan fingerprint density at radius 2 is 1.89 bits per heavy atom. The summed E-state index contributed by atoms with van der Waals surface area (Å²) in [6, 6.07) is 7.74. The summed E-state index contributed by atoms with van der Waals surface area (Å²) in [5.41, 5.74) is 1.95. The second-order valence-electron chi connectivity index (χ2n) is 4.82. The fourth-order valence-corrected chi connectivity index (χ4v) is 2.18. The molecule has 4 nitrogen and oxygen atoms in total. The van der Waals surface area contributed by atoms with Crippen molar-refractivity contribution in [3.63, 3.8) is 0 Å². The molecule has 0 bridgehead atoms. The van der Waals surface area contributed by atoms with Crippen LogP contribution in [0.5, 0.6) is 0 Å². The summed E-state index contributed by atoms with van der Waals surface area (Å²) in [6.45, 7) is 1.51. The summed E-state index contributed by atoms with van der Waals surface area (Å²) < 4.78 is 5.25. The van der Waals surface area contributed by atoms with Gasteiger partial charge in [-0.2, -0.15) is 0 Å². The number of carbonyl (C=O) groups is 2. The predicted octanol–water partition coefficient (Wildman–Crippen LogP) is 1.95. The van der Waals surface area contributed by atoms with Crippen molar-refractivity contribution in [3.8, 4) is 0 Å². The van der Waals surface area contributed by atoms with Crippen LogP contribution in [0, 0.1) is 5.92 Å². The van der Waals surface area contributed by atoms with Crippen LogP contribution in [0.3, 0.4) is 0 Å². The molecule has 4 heteroatoms. The third-order valence-corrected chi connectivity index (χ3v) is 3.27. The van der Waals surface area contributed by atoms with Crippen molar-refractivity contribution in [2.75, 3.05) is 19.0 Å². The van der Waals surface area contributed by atoms with E-state index < -0.39 is 6.10 Å². The number of anilines is 1. The number of ether oxygens (including phenoxy) is 1. The van der Waals surface area contributed by atoms with Crippen molar-refractivity contribution in [1.82, 2.24) is 0 Å². The van der Waals surface area contributed by atoms with Crippen LogP contribution in [0.1, 0.15) is 25.0 Å². The van der Waals surface area contributed by atoms with Gasteiger partial charge in [0.25, 0.3) is 0 Å². The van der Waals surface area contributed by atoms with Gasteiger partial charge in [-0.1, -0.05) is 12.1 Å². The third-order valence-electron chi connectivity index (χ3n) is 3.27. The summed E-state index contributed by atoms with van der Waals surface area (Å²) in [5.74, 6) is -0.637. The van der Waals surface area contributed by atoms with Crippen molar-refractivity contribution in [2.24, 2.45) is 5.92 Å². The van der Waals surface area contributed by atoms with Crippen LogP contribution in [0.15, 0.2) is 24.3 Å². The molecular formula is C14H17NO3. The normalized spacial score (nSPS) is 22.7. The molecule has 0 N–H and O–H groups in total. The van der Waals surface area contributed by atoms with Gasteiger partial charge in [0.05, 0.1) is 12.3 Å². The van der Waals surface area contributed by atoms with Crippen LogP contribution in [0.4, 0.5) is 5.69 Å². The van der Waals surface area contributed by atoms with Crippen LogP contribution in [-0.2, 0) is 14.3 Å². The topological polar surface area (TPSA) is 46.6 Å². The quantitative estimate of drug-likeness (QED) is 0.766. The smallest absolute Gasteiger partial charge is 0.307 e. The molecule has 18 heavy (non-hydrogen) atoms. The number of carbonyl (C=O) groups excluding carboxylic acids is 2. The summed E-state index contributed by atoms with van der Waals surface area (Å²) >= 11 is 0. The number of benzene rings is 1. The van der Waals surface area contributed by atoms with Gasteiger partial charge in [0, 0.05) is 19.8 Å². The maximum atomic E-state index is 11.5. The molecule has 1 heterocycles. The fraction of sp³-hybridized carbons (Fsp3) is 0.429. The highest BCUT2D eigenvalue weighted by Gasteiger charge is 2.38. The Labute approximate surface area is 107 Å². The SMILES string of the molecule is CC(=O)[C@@H]1CC(=O)O[C@H]1c1ccc(N(C)C)cc1. The van der Waals surface area contributed by atoms with Gasteiger partial charge >= 0.3 is 5.97 Å². The van der Waals surface area contributed by atoms with Gasteiger partial charge in [-0.3, -0.25) is 9.59 Å². The Morgan fingerprint density at radius 1 is 1.28 bits per heavy atom. The Kier molecular flexibility index (Phi) is 3.36. The van der Waals surface area contributed by atoms with Gasteiger partial charge in [0.2, 0.25) is 0 Å². The molecule has 1 aromatic rings. The van der Waals surface area contributed by atoms with E-state index >= 15 is 0 Å². The zero-order valence-electron chi connectivity index (χ0n) is 10.8. The Hall–Kier alpha value is -1.84. The molecule has 1 aliphatic heterocycles. The minimum Gasteiger partial charge on any atom is -0.457 e. The lowest BCUT2D eigenvalue weighted by Gasteiger charge is -2.17. The lowest BCUT2D eigenvalue weighted by molar-refractivity contribution is -0.141. The zero-order valence-corrected chi connectivity index (χ0v) is 10.8. The molecular weight excluding hydrogens is 230 g/mol. The standard InChI is InChI=1S/C14H17NO3/c1-9(16)12-8-13(17)18-14(12)10-4-6-11(7-5-10)15(2)3/h4-7,12,14H,8H2,1-3H3/t12-,14-/m0/s1. The molecule has 1 aromatic carbocycles. The van der Waals surface area contributed by atoms with Crippen LogP contribution in [-0.4, -0.2) is 25.8 Å². The number of hydrogen-bond donors (Lipinski definition) is 0. The van der Waals surface area contributed by atoms with Crippen molar-refractivity contribution in [3.05, 3.63) is 29.8 Å². The van der Waals surface area contributed by atoms with E-state index in [4.69, 9.17) is 4.74 Å². The molecule has 0 aliphatic carbocycles. The summed E-state index contributed by atoms with van der Waals surface area (Å²) in [7, 11) is 3.92. The number of ketones is 1. The highest BCUT2D eigenvalue weighted by atomic mass is 16.6. The van der Waals surface area contributed by atoms with Gasteiger partial charge in [0.1, 0.15) is 11.9 Å². The molecule has 0 radical (unpaired) electrons. The maximum Gasteiger partial charge on any atom is 0.307 e. The molecule has 0 spiro atoms. The lowest BCUT2D eigenvalue weighted by Crippen LogP contribution is -2.15. The van der Waals surface area contributed by atoms with Crippen LogP contribution in [0.25, 0.3) is 0 Å². The van der Waals surface area contributed by atoms with E-state index in [0.29, 0.717) is 0 Å². The second-order valence-corrected chi connectivity index (χ2v) is 4.82. The van der Waals surface area contributed by atoms with Crippen molar-refractivity contribution < 1.29 is 14.3 Å². The highest BCUT2D eigenvalue weighted by molar-refractivity contribution is 5.87. The van der Waals surface area contributed by atoms with E-state index in [1.165, 1.54) is 6.92 Å². The van der Waals surface area contributed by atoms with Gasteiger partial charge in [-0.05, 0) is 24.6 Å². The molecule has 0 aromatic heterocycles. The maximum absolute atomic E-state index is 11.5. The van der Waals surface area contributed by atoms with Gasteiger partial charge < -0.3 is 9.64 Å². The van der Waals surface area contributed by atoms with E-state index in [-0.39, 0.29) is 24.1 Å². The average molecular weight is 247 g/mol. The lowest BCUT2D eigenvalue weighted by atomic mass is 9.92. The number of cyclic esters (lactones) is 1. The molecule has 0 unspecified atom stereocenters. The Balaban J connectivity index is 2.24. The van der Waals surface area contributed by atoms with Crippen molar-refractivity contribution in [1.29, 1.82) is 0 Å². The molecule has 2 atom stereocenters. The Bertz CT molecular complexity index is 464. The first-order valence-electron chi connectivity index (χ1n) is 5.96. The van der Waals surface area contributed by atoms with Gasteiger partial charge in [0.15, 0.2) is 0 Å². The number of rotatable bonds is 3. The molecule has 0 amide bonds. The number of hydrogen-bond acceptors (Lipinski definition) is 4. The minimum atomic E-state index is -0.425. The molecule has 1 aliphatic rings. The Morgan fingerprint density at radius 3 is 2.39 bits per heavy atom. The molecule has 1 fully saturated rings. The number of nitrogens with zero attached hydrogens (tertiary/aromatic N) is 1.